The van der Waals surface area contributed by atoms with E-state index in [2.05, 4.69) is 120 Å². The zero-order valence-electron chi connectivity index (χ0n) is 31.0. The standard InChI is InChI=1S/C49H30N8.2Pd/c1-3-15-37(16-4-1)55(39-19-11-13-35(31-39)45-21-7-9-27-50-45)41-23-25-43-44-26-24-42(34-48(44)57(47(43)33-41)49-52-29-30-53-54-49)56(38-17-5-2-6-18-38)40-20-12-14-36(32-40)46-22-8-10-28-51-46;;/h1-30H;;/q-4;2*+2. The van der Waals surface area contributed by atoms with Crippen molar-refractivity contribution in [1.29, 1.82) is 0 Å². The van der Waals surface area contributed by atoms with Gasteiger partial charge in [-0.1, -0.05) is 83.1 Å². The molecule has 0 bridgehead atoms. The Morgan fingerprint density at radius 1 is 0.390 bits per heavy atom. The van der Waals surface area contributed by atoms with Crippen LogP contribution in [0.3, 0.4) is 0 Å². The van der Waals surface area contributed by atoms with Crippen LogP contribution in [0.5, 0.6) is 0 Å². The van der Waals surface area contributed by atoms with E-state index in [9.17, 15) is 0 Å². The van der Waals surface area contributed by atoms with Crippen LogP contribution >= 0.6 is 0 Å². The van der Waals surface area contributed by atoms with E-state index in [0.29, 0.717) is 5.95 Å². The minimum Gasteiger partial charge on any atom is -0.352 e. The van der Waals surface area contributed by atoms with Crippen LogP contribution in [0.1, 0.15) is 0 Å². The van der Waals surface area contributed by atoms with Crippen LogP contribution in [0.25, 0.3) is 50.3 Å². The summed E-state index contributed by atoms with van der Waals surface area (Å²) in [5, 5.41) is 10.7. The van der Waals surface area contributed by atoms with Crippen molar-refractivity contribution in [3.05, 3.63) is 207 Å². The number of para-hydroxylation sites is 2. The van der Waals surface area contributed by atoms with Crippen molar-refractivity contribution < 1.29 is 40.8 Å². The van der Waals surface area contributed by atoms with Crippen molar-refractivity contribution in [2.24, 2.45) is 0 Å². The van der Waals surface area contributed by atoms with E-state index in [1.807, 2.05) is 102 Å². The fraction of sp³-hybridized carbons (Fsp3) is 0. The van der Waals surface area contributed by atoms with Gasteiger partial charge >= 0.3 is 40.8 Å². The molecule has 10 heteroatoms. The normalized spacial score (nSPS) is 10.8. The first-order chi connectivity index (χ1) is 28.3. The van der Waals surface area contributed by atoms with Crippen LogP contribution in [0, 0.1) is 24.3 Å². The summed E-state index contributed by atoms with van der Waals surface area (Å²) < 4.78 is 1.99. The van der Waals surface area contributed by atoms with E-state index in [-0.39, 0.29) is 40.8 Å². The first-order valence-corrected chi connectivity index (χ1v) is 18.4. The van der Waals surface area contributed by atoms with E-state index < -0.39 is 0 Å². The molecule has 0 amide bonds. The third kappa shape index (κ3) is 7.71. The molecule has 286 valence electrons. The topological polar surface area (TPSA) is 75.9 Å². The summed E-state index contributed by atoms with van der Waals surface area (Å²) in [5.41, 5.74) is 10.2. The maximum atomic E-state index is 4.69. The molecule has 10 aromatic rings. The van der Waals surface area contributed by atoms with Gasteiger partial charge in [-0.2, -0.15) is 28.0 Å². The molecule has 0 fully saturated rings. The average Bonchev–Trinajstić information content (AvgIpc) is 3.61. The number of aromatic nitrogens is 6. The number of benzene rings is 6. The van der Waals surface area contributed by atoms with Gasteiger partial charge in [0, 0.05) is 23.8 Å². The summed E-state index contributed by atoms with van der Waals surface area (Å²) in [6.07, 6.45) is 6.82. The van der Waals surface area contributed by atoms with Gasteiger partial charge in [-0.3, -0.25) is 0 Å². The molecule has 6 aromatic carbocycles. The van der Waals surface area contributed by atoms with Crippen LogP contribution in [0.4, 0.5) is 34.1 Å². The third-order valence-corrected chi connectivity index (χ3v) is 9.66. The first kappa shape index (κ1) is 39.2. The number of anilines is 6. The van der Waals surface area contributed by atoms with Crippen LogP contribution < -0.4 is 9.80 Å². The molecule has 0 aliphatic heterocycles. The molecule has 0 saturated carbocycles. The van der Waals surface area contributed by atoms with Crippen LogP contribution in [-0.2, 0) is 40.8 Å². The Balaban J connectivity index is 0.00000242. The smallest absolute Gasteiger partial charge is 0.352 e. The summed E-state index contributed by atoms with van der Waals surface area (Å²) in [4.78, 5) is 18.2. The van der Waals surface area contributed by atoms with Crippen molar-refractivity contribution in [3.8, 4) is 28.5 Å². The Hall–Kier alpha value is -6.65. The van der Waals surface area contributed by atoms with Gasteiger partial charge in [-0.25, -0.2) is 4.98 Å². The second kappa shape index (κ2) is 17.5. The van der Waals surface area contributed by atoms with Gasteiger partial charge in [0.15, 0.2) is 0 Å². The quantitative estimate of drug-likeness (QED) is 0.105. The molecule has 0 spiro atoms. The molecular weight excluding hydrogens is 913 g/mol. The van der Waals surface area contributed by atoms with E-state index in [0.717, 1.165) is 78.4 Å². The Labute approximate surface area is 369 Å². The minimum atomic E-state index is 0. The van der Waals surface area contributed by atoms with Gasteiger partial charge in [0.2, 0.25) is 0 Å². The number of hydrogen-bond acceptors (Lipinski definition) is 7. The molecule has 0 atom stereocenters. The molecule has 0 radical (unpaired) electrons. The average molecular weight is 944 g/mol. The molecule has 4 aromatic heterocycles. The fourth-order valence-electron chi connectivity index (χ4n) is 7.13. The Morgan fingerprint density at radius 2 is 0.864 bits per heavy atom. The number of nitrogens with zero attached hydrogens (tertiary/aromatic N) is 8. The SMILES string of the molecule is [Pd+2].[Pd+2].[c-]1c(-c2ccccn2)cccc1N(c1[c-]c2c(cc1)c1ccc(N(c3[c-]c(-c4ccccn4)ccc3)c3ccccc3)[c-]c1n2-c1nccnn1)c1ccccc1. The predicted molar refractivity (Wildman–Crippen MR) is 225 cm³/mol. The van der Waals surface area contributed by atoms with Gasteiger partial charge in [-0.05, 0) is 59.2 Å². The summed E-state index contributed by atoms with van der Waals surface area (Å²) in [6, 6.07) is 67.7. The summed E-state index contributed by atoms with van der Waals surface area (Å²) in [7, 11) is 0. The molecule has 0 aliphatic rings. The molecule has 0 unspecified atom stereocenters. The molecule has 0 aliphatic carbocycles. The largest absolute Gasteiger partial charge is 2.00 e. The molecular formula is C49H30N8Pd2. The van der Waals surface area contributed by atoms with Gasteiger partial charge in [0.25, 0.3) is 5.95 Å². The number of fused-ring (bicyclic) bond motifs is 3. The summed E-state index contributed by atoms with van der Waals surface area (Å²) >= 11 is 0. The number of pyridine rings is 2. The van der Waals surface area contributed by atoms with Gasteiger partial charge in [0.1, 0.15) is 0 Å². The first-order valence-electron chi connectivity index (χ1n) is 18.4. The molecule has 8 nitrogen and oxygen atoms in total. The zero-order valence-corrected chi connectivity index (χ0v) is 34.1. The van der Waals surface area contributed by atoms with Crippen LogP contribution in [0.15, 0.2) is 183 Å². The molecule has 0 saturated heterocycles. The minimum absolute atomic E-state index is 0. The third-order valence-electron chi connectivity index (χ3n) is 9.66. The maximum Gasteiger partial charge on any atom is 2.00 e. The second-order valence-corrected chi connectivity index (χ2v) is 13.2. The van der Waals surface area contributed by atoms with Crippen molar-refractivity contribution in [2.75, 3.05) is 9.80 Å². The van der Waals surface area contributed by atoms with Gasteiger partial charge in [-0.15, -0.1) is 89.0 Å². The van der Waals surface area contributed by atoms with E-state index in [1.54, 1.807) is 24.8 Å². The van der Waals surface area contributed by atoms with E-state index in [1.165, 1.54) is 0 Å². The van der Waals surface area contributed by atoms with Crippen molar-refractivity contribution in [3.63, 3.8) is 0 Å². The molecule has 59 heavy (non-hydrogen) atoms. The van der Waals surface area contributed by atoms with Crippen molar-refractivity contribution >= 4 is 55.9 Å². The summed E-state index contributed by atoms with van der Waals surface area (Å²) in [5.74, 6) is 0.407. The molecule has 0 N–H and O–H groups in total. The maximum absolute atomic E-state index is 4.69. The fourth-order valence-corrected chi connectivity index (χ4v) is 7.13. The Kier molecular flexibility index (Phi) is 11.6. The monoisotopic (exact) mass is 942 g/mol. The zero-order chi connectivity index (χ0) is 38.0. The van der Waals surface area contributed by atoms with Crippen LogP contribution in [-0.4, -0.2) is 29.7 Å². The predicted octanol–water partition coefficient (Wildman–Crippen LogP) is 11.2. The van der Waals surface area contributed by atoms with Gasteiger partial charge < -0.3 is 24.3 Å². The number of hydrogen-bond donors (Lipinski definition) is 0. The van der Waals surface area contributed by atoms with Crippen molar-refractivity contribution in [1.82, 2.24) is 29.7 Å². The molecule has 4 heterocycles. The van der Waals surface area contributed by atoms with Crippen LogP contribution in [0.2, 0.25) is 0 Å². The molecule has 10 rings (SSSR count). The van der Waals surface area contributed by atoms with Gasteiger partial charge in [0.05, 0.1) is 12.4 Å². The Morgan fingerprint density at radius 3 is 1.31 bits per heavy atom. The summed E-state index contributed by atoms with van der Waals surface area (Å²) in [6.45, 7) is 0. The van der Waals surface area contributed by atoms with Crippen molar-refractivity contribution in [2.45, 2.75) is 0 Å². The van der Waals surface area contributed by atoms with E-state index >= 15 is 0 Å². The van der Waals surface area contributed by atoms with E-state index in [4.69, 9.17) is 0 Å². The Bertz CT molecular complexity index is 2790. The second-order valence-electron chi connectivity index (χ2n) is 13.2. The number of rotatable bonds is 9.